The highest BCUT2D eigenvalue weighted by Crippen LogP contribution is 2.36. The first-order valence-electron chi connectivity index (χ1n) is 11.9. The lowest BCUT2D eigenvalue weighted by atomic mass is 10.1. The van der Waals surface area contributed by atoms with Gasteiger partial charge in [-0.15, -0.1) is 0 Å². The SMILES string of the molecule is COc1ccccc1C(=O)NCc1ccc(-c2nn(C3CCCC3)c(NC(C)C)c2C=O)cc1. The van der Waals surface area contributed by atoms with Crippen LogP contribution in [0.3, 0.4) is 0 Å². The van der Waals surface area contributed by atoms with Crippen LogP contribution in [0, 0.1) is 0 Å². The summed E-state index contributed by atoms with van der Waals surface area (Å²) in [5.74, 6) is 1.16. The minimum Gasteiger partial charge on any atom is -0.496 e. The van der Waals surface area contributed by atoms with Gasteiger partial charge >= 0.3 is 0 Å². The van der Waals surface area contributed by atoms with Crippen molar-refractivity contribution >= 4 is 18.0 Å². The molecule has 0 radical (unpaired) electrons. The van der Waals surface area contributed by atoms with E-state index in [0.29, 0.717) is 35.2 Å². The van der Waals surface area contributed by atoms with Crippen LogP contribution in [-0.2, 0) is 6.54 Å². The Morgan fingerprint density at radius 3 is 2.50 bits per heavy atom. The van der Waals surface area contributed by atoms with Crippen LogP contribution in [0.25, 0.3) is 11.3 Å². The molecule has 178 valence electrons. The Labute approximate surface area is 200 Å². The summed E-state index contributed by atoms with van der Waals surface area (Å²) in [4.78, 5) is 24.7. The summed E-state index contributed by atoms with van der Waals surface area (Å²) in [7, 11) is 1.55. The van der Waals surface area contributed by atoms with Crippen LogP contribution < -0.4 is 15.4 Å². The zero-order chi connectivity index (χ0) is 24.1. The molecule has 1 aromatic heterocycles. The van der Waals surface area contributed by atoms with Crippen LogP contribution in [0.15, 0.2) is 48.5 Å². The van der Waals surface area contributed by atoms with E-state index in [1.807, 2.05) is 41.1 Å². The van der Waals surface area contributed by atoms with E-state index in [9.17, 15) is 9.59 Å². The number of aromatic nitrogens is 2. The number of hydrogen-bond donors (Lipinski definition) is 2. The van der Waals surface area contributed by atoms with Crippen LogP contribution in [-0.4, -0.2) is 35.1 Å². The van der Waals surface area contributed by atoms with Gasteiger partial charge in [-0.3, -0.25) is 9.59 Å². The number of para-hydroxylation sites is 1. The average Bonchev–Trinajstić information content (AvgIpc) is 3.50. The van der Waals surface area contributed by atoms with E-state index in [1.165, 1.54) is 12.8 Å². The first kappa shape index (κ1) is 23.5. The van der Waals surface area contributed by atoms with Crippen molar-refractivity contribution in [2.24, 2.45) is 0 Å². The topological polar surface area (TPSA) is 85.2 Å². The predicted octanol–water partition coefficient (Wildman–Crippen LogP) is 5.24. The number of nitrogens with one attached hydrogen (secondary N) is 2. The monoisotopic (exact) mass is 460 g/mol. The van der Waals surface area contributed by atoms with E-state index in [2.05, 4.69) is 24.5 Å². The molecule has 0 spiro atoms. The average molecular weight is 461 g/mol. The molecular formula is C27H32N4O3. The Morgan fingerprint density at radius 1 is 1.15 bits per heavy atom. The van der Waals surface area contributed by atoms with Crippen LogP contribution in [0.5, 0.6) is 5.75 Å². The highest BCUT2D eigenvalue weighted by molar-refractivity contribution is 5.97. The highest BCUT2D eigenvalue weighted by Gasteiger charge is 2.26. The van der Waals surface area contributed by atoms with Crippen molar-refractivity contribution in [1.82, 2.24) is 15.1 Å². The van der Waals surface area contributed by atoms with E-state index >= 15 is 0 Å². The second-order valence-corrected chi connectivity index (χ2v) is 8.99. The number of aldehydes is 1. The minimum absolute atomic E-state index is 0.190. The van der Waals surface area contributed by atoms with Gasteiger partial charge in [0.1, 0.15) is 17.3 Å². The number of rotatable bonds is 9. The lowest BCUT2D eigenvalue weighted by Gasteiger charge is -2.17. The fourth-order valence-electron chi connectivity index (χ4n) is 4.49. The summed E-state index contributed by atoms with van der Waals surface area (Å²) in [5.41, 5.74) is 3.62. The maximum Gasteiger partial charge on any atom is 0.255 e. The third-order valence-electron chi connectivity index (χ3n) is 6.19. The van der Waals surface area contributed by atoms with Gasteiger partial charge in [0.25, 0.3) is 5.91 Å². The van der Waals surface area contributed by atoms with E-state index in [1.54, 1.807) is 19.2 Å². The van der Waals surface area contributed by atoms with Crippen LogP contribution >= 0.6 is 0 Å². The lowest BCUT2D eigenvalue weighted by molar-refractivity contribution is 0.0947. The Bertz CT molecular complexity index is 1150. The standard InChI is InChI=1S/C27H32N4O3/c1-18(2)29-26-23(17-32)25(30-31(26)21-8-4-5-9-21)20-14-12-19(13-15-20)16-28-27(33)22-10-6-7-11-24(22)34-3/h6-7,10-15,17-18,21,29H,4-5,8-9,16H2,1-3H3,(H,28,33). The third-order valence-corrected chi connectivity index (χ3v) is 6.19. The molecule has 7 nitrogen and oxygen atoms in total. The van der Waals surface area contributed by atoms with Crippen molar-refractivity contribution in [3.8, 4) is 17.0 Å². The van der Waals surface area contributed by atoms with Gasteiger partial charge in [0.2, 0.25) is 0 Å². The van der Waals surface area contributed by atoms with E-state index in [-0.39, 0.29) is 11.9 Å². The molecule has 1 amide bonds. The minimum atomic E-state index is -0.190. The summed E-state index contributed by atoms with van der Waals surface area (Å²) in [6.45, 7) is 4.51. The molecule has 1 aliphatic rings. The van der Waals surface area contributed by atoms with Crippen molar-refractivity contribution in [3.63, 3.8) is 0 Å². The van der Waals surface area contributed by atoms with Crippen molar-refractivity contribution in [2.75, 3.05) is 12.4 Å². The molecule has 1 fully saturated rings. The number of carbonyl (C=O) groups excluding carboxylic acids is 2. The number of anilines is 1. The maximum atomic E-state index is 12.6. The number of amides is 1. The Kier molecular flexibility index (Phi) is 7.30. The Morgan fingerprint density at radius 2 is 1.85 bits per heavy atom. The van der Waals surface area contributed by atoms with Crippen molar-refractivity contribution in [2.45, 2.75) is 58.2 Å². The van der Waals surface area contributed by atoms with E-state index in [4.69, 9.17) is 9.84 Å². The fraction of sp³-hybridized carbons (Fsp3) is 0.370. The van der Waals surface area contributed by atoms with Crippen molar-refractivity contribution in [1.29, 1.82) is 0 Å². The molecule has 1 saturated carbocycles. The largest absolute Gasteiger partial charge is 0.496 e. The molecule has 2 aromatic carbocycles. The molecule has 4 rings (SSSR count). The first-order valence-corrected chi connectivity index (χ1v) is 11.9. The van der Waals surface area contributed by atoms with Gasteiger partial charge in [-0.05, 0) is 44.4 Å². The number of ether oxygens (including phenoxy) is 1. The second kappa shape index (κ2) is 10.5. The van der Waals surface area contributed by atoms with Crippen LogP contribution in [0.4, 0.5) is 5.82 Å². The smallest absolute Gasteiger partial charge is 0.255 e. The normalized spacial score (nSPS) is 13.8. The molecule has 1 aliphatic carbocycles. The zero-order valence-corrected chi connectivity index (χ0v) is 20.0. The number of nitrogens with zero attached hydrogens (tertiary/aromatic N) is 2. The van der Waals surface area contributed by atoms with Gasteiger partial charge in [0, 0.05) is 18.2 Å². The highest BCUT2D eigenvalue weighted by atomic mass is 16.5. The summed E-state index contributed by atoms with van der Waals surface area (Å²) in [6, 6.07) is 15.5. The molecule has 0 atom stereocenters. The van der Waals surface area contributed by atoms with E-state index < -0.39 is 0 Å². The van der Waals surface area contributed by atoms with Gasteiger partial charge in [0.15, 0.2) is 6.29 Å². The molecule has 3 aromatic rings. The zero-order valence-electron chi connectivity index (χ0n) is 20.0. The summed E-state index contributed by atoms with van der Waals surface area (Å²) in [5, 5.41) is 11.3. The van der Waals surface area contributed by atoms with Gasteiger partial charge in [-0.25, -0.2) is 4.68 Å². The molecule has 1 heterocycles. The number of carbonyl (C=O) groups is 2. The lowest BCUT2D eigenvalue weighted by Crippen LogP contribution is -2.23. The molecule has 7 heteroatoms. The third kappa shape index (κ3) is 4.98. The fourth-order valence-corrected chi connectivity index (χ4v) is 4.49. The molecule has 0 aliphatic heterocycles. The predicted molar refractivity (Wildman–Crippen MR) is 133 cm³/mol. The maximum absolute atomic E-state index is 12.6. The summed E-state index contributed by atoms with van der Waals surface area (Å²) < 4.78 is 7.30. The Hall–Kier alpha value is -3.61. The van der Waals surface area contributed by atoms with Gasteiger partial charge in [0.05, 0.1) is 24.3 Å². The van der Waals surface area contributed by atoms with E-state index in [0.717, 1.165) is 36.1 Å². The molecule has 0 bridgehead atoms. The van der Waals surface area contributed by atoms with Gasteiger partial charge < -0.3 is 15.4 Å². The van der Waals surface area contributed by atoms with Gasteiger partial charge in [-0.2, -0.15) is 5.10 Å². The molecule has 0 saturated heterocycles. The molecule has 2 N–H and O–H groups in total. The molecule has 0 unspecified atom stereocenters. The first-order chi connectivity index (χ1) is 16.5. The second-order valence-electron chi connectivity index (χ2n) is 8.99. The molecule has 34 heavy (non-hydrogen) atoms. The van der Waals surface area contributed by atoms with Crippen LogP contribution in [0.1, 0.15) is 71.9 Å². The number of methoxy groups -OCH3 is 1. The number of benzene rings is 2. The quantitative estimate of drug-likeness (QED) is 0.427. The van der Waals surface area contributed by atoms with Crippen LogP contribution in [0.2, 0.25) is 0 Å². The van der Waals surface area contributed by atoms with Crippen molar-refractivity contribution in [3.05, 3.63) is 65.2 Å². The summed E-state index contributed by atoms with van der Waals surface area (Å²) in [6.07, 6.45) is 5.44. The van der Waals surface area contributed by atoms with Crippen molar-refractivity contribution < 1.29 is 14.3 Å². The summed E-state index contributed by atoms with van der Waals surface area (Å²) >= 11 is 0. The Balaban J connectivity index is 1.54. The van der Waals surface area contributed by atoms with Gasteiger partial charge in [-0.1, -0.05) is 49.2 Å². The molecular weight excluding hydrogens is 428 g/mol. The number of hydrogen-bond acceptors (Lipinski definition) is 5.